The molecule has 34 heavy (non-hydrogen) atoms. The number of hydrogen-bond donors (Lipinski definition) is 1. The Hall–Kier alpha value is -2.84. The zero-order valence-corrected chi connectivity index (χ0v) is 20.3. The van der Waals surface area contributed by atoms with Crippen molar-refractivity contribution < 1.29 is 19.1 Å². The number of nitrogens with zero attached hydrogens (tertiary/aromatic N) is 2. The third kappa shape index (κ3) is 9.19. The summed E-state index contributed by atoms with van der Waals surface area (Å²) in [5.74, 6) is 0.323. The van der Waals surface area contributed by atoms with Crippen LogP contribution in [-0.4, -0.2) is 59.1 Å². The van der Waals surface area contributed by atoms with Crippen molar-refractivity contribution in [1.29, 1.82) is 0 Å². The maximum atomic E-state index is 11.9. The highest BCUT2D eigenvalue weighted by molar-refractivity contribution is 8.00. The van der Waals surface area contributed by atoms with Crippen molar-refractivity contribution in [3.8, 4) is 5.88 Å². The van der Waals surface area contributed by atoms with Gasteiger partial charge in [-0.25, -0.2) is 9.78 Å². The van der Waals surface area contributed by atoms with Gasteiger partial charge in [-0.2, -0.15) is 0 Å². The average molecular weight is 484 g/mol. The van der Waals surface area contributed by atoms with E-state index in [0.29, 0.717) is 30.2 Å². The Morgan fingerprint density at radius 3 is 2.68 bits per heavy atom. The molecule has 0 radical (unpaired) electrons. The van der Waals surface area contributed by atoms with Gasteiger partial charge in [-0.3, -0.25) is 9.69 Å². The normalized spacial score (nSPS) is 15.2. The van der Waals surface area contributed by atoms with Crippen LogP contribution in [0.5, 0.6) is 5.88 Å². The summed E-state index contributed by atoms with van der Waals surface area (Å²) in [6.45, 7) is 3.80. The summed E-state index contributed by atoms with van der Waals surface area (Å²) in [5.41, 5.74) is 7.23. The monoisotopic (exact) mass is 483 g/mol. The number of esters is 1. The minimum absolute atomic E-state index is 0.217. The molecule has 1 saturated heterocycles. The fourth-order valence-electron chi connectivity index (χ4n) is 3.67. The number of amides is 1. The number of thioether (sulfide) groups is 1. The van der Waals surface area contributed by atoms with E-state index >= 15 is 0 Å². The predicted molar refractivity (Wildman–Crippen MR) is 135 cm³/mol. The molecule has 0 aliphatic carbocycles. The number of piperidine rings is 1. The Morgan fingerprint density at radius 2 is 1.91 bits per heavy atom. The zero-order valence-electron chi connectivity index (χ0n) is 19.4. The first-order valence-electron chi connectivity index (χ1n) is 11.7. The summed E-state index contributed by atoms with van der Waals surface area (Å²) in [6.07, 6.45) is 9.87. The molecule has 0 bridgehead atoms. The van der Waals surface area contributed by atoms with E-state index in [1.54, 1.807) is 30.5 Å². The second-order valence-electron chi connectivity index (χ2n) is 8.12. The molecule has 1 aromatic carbocycles. The Balaban J connectivity index is 1.34. The van der Waals surface area contributed by atoms with Gasteiger partial charge >= 0.3 is 5.97 Å². The number of nitrogens with two attached hydrogens (primary N) is 1. The molecule has 1 amide bonds. The molecule has 1 atom stereocenters. The number of pyridine rings is 1. The molecule has 7 nitrogen and oxygen atoms in total. The SMILES string of the molecule is NC(=O)C(CC=CCOc1cc(CN2CCCCC2)ccn1)SCCOC(=O)c1ccccc1. The van der Waals surface area contributed by atoms with E-state index in [9.17, 15) is 9.59 Å². The van der Waals surface area contributed by atoms with Gasteiger partial charge in [-0.1, -0.05) is 36.8 Å². The zero-order chi connectivity index (χ0) is 24.0. The second-order valence-corrected chi connectivity index (χ2v) is 9.43. The molecule has 8 heteroatoms. The van der Waals surface area contributed by atoms with E-state index in [0.717, 1.165) is 19.6 Å². The molecule has 0 spiro atoms. The quantitative estimate of drug-likeness (QED) is 0.263. The number of hydrogen-bond acceptors (Lipinski definition) is 7. The van der Waals surface area contributed by atoms with Crippen LogP contribution in [0.1, 0.15) is 41.6 Å². The number of ether oxygens (including phenoxy) is 2. The van der Waals surface area contributed by atoms with Crippen molar-refractivity contribution in [3.63, 3.8) is 0 Å². The predicted octanol–water partition coefficient (Wildman–Crippen LogP) is 3.84. The Labute approximate surface area is 205 Å². The van der Waals surface area contributed by atoms with Crippen LogP contribution in [0.25, 0.3) is 0 Å². The van der Waals surface area contributed by atoms with Gasteiger partial charge in [-0.05, 0) is 56.1 Å². The number of rotatable bonds is 13. The summed E-state index contributed by atoms with van der Waals surface area (Å²) < 4.78 is 11.0. The molecule has 1 fully saturated rings. The van der Waals surface area contributed by atoms with Gasteiger partial charge in [0.1, 0.15) is 13.2 Å². The van der Waals surface area contributed by atoms with Gasteiger partial charge in [0.2, 0.25) is 11.8 Å². The molecule has 1 aromatic heterocycles. The molecule has 1 aliphatic rings. The number of benzene rings is 1. The van der Waals surface area contributed by atoms with E-state index in [1.807, 2.05) is 30.4 Å². The molecule has 3 rings (SSSR count). The molecule has 182 valence electrons. The van der Waals surface area contributed by atoms with Crippen molar-refractivity contribution >= 4 is 23.6 Å². The standard InChI is InChI=1S/C26H33N3O4S/c27-25(30)23(34-18-17-33-26(31)22-9-3-1-4-10-22)11-5-8-16-32-24-19-21(12-13-28-24)20-29-14-6-2-7-15-29/h1,3-5,8-10,12-13,19,23H,2,6-7,11,14-18,20H2,(H2,27,30). The number of allylic oxidation sites excluding steroid dienone is 1. The Kier molecular flexibility index (Phi) is 10.9. The lowest BCUT2D eigenvalue weighted by Crippen LogP contribution is -2.29. The van der Waals surface area contributed by atoms with Gasteiger partial charge in [0.25, 0.3) is 0 Å². The van der Waals surface area contributed by atoms with Gasteiger partial charge < -0.3 is 15.2 Å². The van der Waals surface area contributed by atoms with Crippen molar-refractivity contribution in [1.82, 2.24) is 9.88 Å². The van der Waals surface area contributed by atoms with Crippen molar-refractivity contribution in [2.75, 3.05) is 32.1 Å². The van der Waals surface area contributed by atoms with E-state index in [4.69, 9.17) is 15.2 Å². The number of carbonyl (C=O) groups is 2. The largest absolute Gasteiger partial charge is 0.473 e. The molecular formula is C26H33N3O4S. The fourth-order valence-corrected chi connectivity index (χ4v) is 4.55. The van der Waals surface area contributed by atoms with Crippen molar-refractivity contribution in [2.24, 2.45) is 5.73 Å². The maximum absolute atomic E-state index is 11.9. The first kappa shape index (κ1) is 25.8. The first-order chi connectivity index (χ1) is 16.6. The van der Waals surface area contributed by atoms with Crippen LogP contribution < -0.4 is 10.5 Å². The van der Waals surface area contributed by atoms with Crippen molar-refractivity contribution in [2.45, 2.75) is 37.5 Å². The van der Waals surface area contributed by atoms with Crippen LogP contribution in [0, 0.1) is 0 Å². The number of aromatic nitrogens is 1. The Morgan fingerprint density at radius 1 is 1.12 bits per heavy atom. The number of primary amides is 1. The van der Waals surface area contributed by atoms with E-state index in [1.165, 1.54) is 36.6 Å². The first-order valence-corrected chi connectivity index (χ1v) is 12.7. The van der Waals surface area contributed by atoms with Gasteiger partial charge in [-0.15, -0.1) is 11.8 Å². The fraction of sp³-hybridized carbons (Fsp3) is 0.423. The van der Waals surface area contributed by atoms with Gasteiger partial charge in [0.05, 0.1) is 10.8 Å². The van der Waals surface area contributed by atoms with Crippen LogP contribution in [-0.2, 0) is 16.1 Å². The molecular weight excluding hydrogens is 450 g/mol. The second kappa shape index (κ2) is 14.4. The highest BCUT2D eigenvalue weighted by atomic mass is 32.2. The summed E-state index contributed by atoms with van der Waals surface area (Å²) >= 11 is 1.38. The maximum Gasteiger partial charge on any atom is 0.338 e. The third-order valence-corrected chi connectivity index (χ3v) is 6.69. The molecule has 1 unspecified atom stereocenters. The van der Waals surface area contributed by atoms with Crippen molar-refractivity contribution in [3.05, 3.63) is 71.9 Å². The number of likely N-dealkylation sites (tertiary alicyclic amines) is 1. The lowest BCUT2D eigenvalue weighted by atomic mass is 10.1. The topological polar surface area (TPSA) is 94.8 Å². The Bertz CT molecular complexity index is 933. The molecule has 1 aliphatic heterocycles. The highest BCUT2D eigenvalue weighted by Gasteiger charge is 2.15. The lowest BCUT2D eigenvalue weighted by Gasteiger charge is -2.26. The van der Waals surface area contributed by atoms with Crippen LogP contribution in [0.4, 0.5) is 0 Å². The minimum Gasteiger partial charge on any atom is -0.473 e. The number of carbonyl (C=O) groups excluding carboxylic acids is 2. The summed E-state index contributed by atoms with van der Waals surface area (Å²) in [5, 5.41) is -0.391. The molecule has 2 aromatic rings. The van der Waals surface area contributed by atoms with Crippen LogP contribution in [0.15, 0.2) is 60.8 Å². The third-order valence-electron chi connectivity index (χ3n) is 5.46. The lowest BCUT2D eigenvalue weighted by molar-refractivity contribution is -0.117. The van der Waals surface area contributed by atoms with Crippen LogP contribution >= 0.6 is 11.8 Å². The summed E-state index contributed by atoms with van der Waals surface area (Å²) in [6, 6.07) is 12.8. The van der Waals surface area contributed by atoms with Crippen LogP contribution in [0.2, 0.25) is 0 Å². The minimum atomic E-state index is -0.392. The summed E-state index contributed by atoms with van der Waals surface area (Å²) in [7, 11) is 0. The van der Waals surface area contributed by atoms with E-state index in [-0.39, 0.29) is 12.6 Å². The van der Waals surface area contributed by atoms with Gasteiger partial charge in [0, 0.05) is 24.6 Å². The highest BCUT2D eigenvalue weighted by Crippen LogP contribution is 2.17. The average Bonchev–Trinajstić information content (AvgIpc) is 2.86. The molecule has 2 N–H and O–H groups in total. The van der Waals surface area contributed by atoms with E-state index < -0.39 is 11.2 Å². The van der Waals surface area contributed by atoms with Gasteiger partial charge in [0.15, 0.2) is 0 Å². The van der Waals surface area contributed by atoms with Crippen LogP contribution in [0.3, 0.4) is 0 Å². The summed E-state index contributed by atoms with van der Waals surface area (Å²) in [4.78, 5) is 30.4. The smallest absolute Gasteiger partial charge is 0.338 e. The molecule has 2 heterocycles. The molecule has 0 saturated carbocycles. The van der Waals surface area contributed by atoms with E-state index in [2.05, 4.69) is 9.88 Å².